The molecule has 1 aromatic heterocycles. The number of aromatic nitrogens is 1. The first-order chi connectivity index (χ1) is 9.06. The van der Waals surface area contributed by atoms with Gasteiger partial charge in [0.05, 0.1) is 16.1 Å². The molecule has 0 aliphatic carbocycles. The topological polar surface area (TPSA) is 65.3 Å². The van der Waals surface area contributed by atoms with Crippen molar-refractivity contribution in [3.8, 4) is 5.75 Å². The Kier molecular flexibility index (Phi) is 4.34. The van der Waals surface area contributed by atoms with Gasteiger partial charge in [0.25, 0.3) is 5.69 Å². The molecule has 1 heterocycles. The largest absolute Gasteiger partial charge is 0.487 e. The molecule has 0 bridgehead atoms. The van der Waals surface area contributed by atoms with Crippen molar-refractivity contribution in [2.45, 2.75) is 6.61 Å². The zero-order valence-electron chi connectivity index (χ0n) is 9.55. The van der Waals surface area contributed by atoms with E-state index in [2.05, 4.69) is 20.9 Å². The summed E-state index contributed by atoms with van der Waals surface area (Å²) in [5.74, 6) is 0.595. The lowest BCUT2D eigenvalue weighted by molar-refractivity contribution is -0.384. The molecule has 0 aliphatic rings. The number of hydrogen-bond donors (Lipinski definition) is 0. The molecule has 5 nitrogen and oxygen atoms in total. The number of ether oxygens (including phenoxy) is 1. The average molecular weight is 344 g/mol. The van der Waals surface area contributed by atoms with Crippen LogP contribution in [0.15, 0.2) is 41.1 Å². The van der Waals surface area contributed by atoms with Crippen molar-refractivity contribution in [3.05, 3.63) is 61.8 Å². The molecule has 0 aliphatic heterocycles. The summed E-state index contributed by atoms with van der Waals surface area (Å²) in [6, 6.07) is 7.79. The lowest BCUT2D eigenvalue weighted by Crippen LogP contribution is -1.97. The normalized spacial score (nSPS) is 10.2. The van der Waals surface area contributed by atoms with Crippen molar-refractivity contribution >= 4 is 33.2 Å². The van der Waals surface area contributed by atoms with Gasteiger partial charge in [-0.05, 0) is 34.1 Å². The van der Waals surface area contributed by atoms with Crippen LogP contribution in [0, 0.1) is 10.1 Å². The van der Waals surface area contributed by atoms with Crippen molar-refractivity contribution < 1.29 is 9.66 Å². The van der Waals surface area contributed by atoms with E-state index in [1.54, 1.807) is 24.4 Å². The van der Waals surface area contributed by atoms with Gasteiger partial charge in [-0.25, -0.2) is 4.98 Å². The zero-order chi connectivity index (χ0) is 13.8. The minimum Gasteiger partial charge on any atom is -0.487 e. The first-order valence-electron chi connectivity index (χ1n) is 5.23. The molecule has 7 heteroatoms. The number of rotatable bonds is 4. The summed E-state index contributed by atoms with van der Waals surface area (Å²) in [6.45, 7) is 0.222. The molecule has 0 fully saturated rings. The number of non-ortho nitro benzene ring substituents is 1. The predicted octanol–water partition coefficient (Wildman–Crippen LogP) is 3.98. The van der Waals surface area contributed by atoms with E-state index in [9.17, 15) is 10.1 Å². The number of nitro benzene ring substituents is 1. The molecule has 0 N–H and O–H groups in total. The monoisotopic (exact) mass is 342 g/mol. The van der Waals surface area contributed by atoms with E-state index in [1.807, 2.05) is 0 Å². The van der Waals surface area contributed by atoms with Gasteiger partial charge >= 0.3 is 0 Å². The Hall–Kier alpha value is -1.66. The van der Waals surface area contributed by atoms with E-state index < -0.39 is 4.92 Å². The van der Waals surface area contributed by atoms with E-state index in [0.29, 0.717) is 20.9 Å². The van der Waals surface area contributed by atoms with Crippen LogP contribution in [-0.4, -0.2) is 9.91 Å². The average Bonchev–Trinajstić information content (AvgIpc) is 2.39. The van der Waals surface area contributed by atoms with Gasteiger partial charge in [-0.3, -0.25) is 10.1 Å². The molecule has 0 unspecified atom stereocenters. The zero-order valence-corrected chi connectivity index (χ0v) is 11.9. The van der Waals surface area contributed by atoms with Gasteiger partial charge in [0.1, 0.15) is 17.0 Å². The van der Waals surface area contributed by atoms with Gasteiger partial charge in [0.2, 0.25) is 0 Å². The minimum atomic E-state index is -0.491. The van der Waals surface area contributed by atoms with E-state index in [-0.39, 0.29) is 12.3 Å². The van der Waals surface area contributed by atoms with E-state index in [1.165, 1.54) is 12.1 Å². The molecule has 98 valence electrons. The summed E-state index contributed by atoms with van der Waals surface area (Å²) in [5.41, 5.74) is 0.634. The van der Waals surface area contributed by atoms with Crippen LogP contribution in [0.5, 0.6) is 5.75 Å². The maximum absolute atomic E-state index is 10.6. The second kappa shape index (κ2) is 5.99. The van der Waals surface area contributed by atoms with Crippen LogP contribution >= 0.6 is 27.5 Å². The summed E-state index contributed by atoms with van der Waals surface area (Å²) in [5, 5.41) is 10.9. The third-order valence-corrected chi connectivity index (χ3v) is 3.16. The molecule has 19 heavy (non-hydrogen) atoms. The maximum Gasteiger partial charge on any atom is 0.270 e. The summed E-state index contributed by atoms with van der Waals surface area (Å²) >= 11 is 9.18. The van der Waals surface area contributed by atoms with Crippen LogP contribution in [0.3, 0.4) is 0 Å². The van der Waals surface area contributed by atoms with Gasteiger partial charge in [0.15, 0.2) is 0 Å². The van der Waals surface area contributed by atoms with Gasteiger partial charge in [-0.15, -0.1) is 0 Å². The fraction of sp³-hybridized carbons (Fsp3) is 0.0833. The summed E-state index contributed by atoms with van der Waals surface area (Å²) in [7, 11) is 0. The first-order valence-corrected chi connectivity index (χ1v) is 6.40. The highest BCUT2D eigenvalue weighted by atomic mass is 79.9. The Morgan fingerprint density at radius 1 is 1.37 bits per heavy atom. The van der Waals surface area contributed by atoms with E-state index in [0.717, 1.165) is 0 Å². The quantitative estimate of drug-likeness (QED) is 0.478. The predicted molar refractivity (Wildman–Crippen MR) is 74.4 cm³/mol. The molecule has 2 aromatic rings. The van der Waals surface area contributed by atoms with Crippen LogP contribution in [0.2, 0.25) is 5.02 Å². The summed E-state index contributed by atoms with van der Waals surface area (Å²) in [6.07, 6.45) is 1.57. The maximum atomic E-state index is 10.6. The van der Waals surface area contributed by atoms with Crippen molar-refractivity contribution in [1.82, 2.24) is 4.98 Å². The molecule has 0 radical (unpaired) electrons. The standard InChI is InChI=1S/C12H8BrClN2O3/c13-12-4-3-10(6-15-12)19-7-8-1-2-9(16(17)18)5-11(8)14/h1-6H,7H2. The molecule has 0 atom stereocenters. The Morgan fingerprint density at radius 2 is 2.16 bits per heavy atom. The Labute approximate surface area is 122 Å². The van der Waals surface area contributed by atoms with Crippen molar-refractivity contribution in [1.29, 1.82) is 0 Å². The van der Waals surface area contributed by atoms with Gasteiger partial charge < -0.3 is 4.74 Å². The lowest BCUT2D eigenvalue weighted by atomic mass is 10.2. The van der Waals surface area contributed by atoms with Gasteiger partial charge in [0, 0.05) is 17.7 Å². The van der Waals surface area contributed by atoms with Crippen LogP contribution in [0.4, 0.5) is 5.69 Å². The highest BCUT2D eigenvalue weighted by molar-refractivity contribution is 9.10. The fourth-order valence-electron chi connectivity index (χ4n) is 1.38. The molecule has 1 aromatic carbocycles. The van der Waals surface area contributed by atoms with Gasteiger partial charge in [-0.2, -0.15) is 0 Å². The molecule has 0 amide bonds. The van der Waals surface area contributed by atoms with Crippen molar-refractivity contribution in [2.75, 3.05) is 0 Å². The SMILES string of the molecule is O=[N+]([O-])c1ccc(COc2ccc(Br)nc2)c(Cl)c1. The minimum absolute atomic E-state index is 0.0425. The van der Waals surface area contributed by atoms with Crippen LogP contribution < -0.4 is 4.74 Å². The molecular weight excluding hydrogens is 336 g/mol. The van der Waals surface area contributed by atoms with Crippen LogP contribution in [0.25, 0.3) is 0 Å². The fourth-order valence-corrected chi connectivity index (χ4v) is 1.84. The second-order valence-electron chi connectivity index (χ2n) is 3.64. The third-order valence-electron chi connectivity index (χ3n) is 2.34. The first kappa shape index (κ1) is 13.8. The number of nitrogens with zero attached hydrogens (tertiary/aromatic N) is 2. The Morgan fingerprint density at radius 3 is 2.74 bits per heavy atom. The second-order valence-corrected chi connectivity index (χ2v) is 4.86. The van der Waals surface area contributed by atoms with Crippen LogP contribution in [0.1, 0.15) is 5.56 Å². The number of benzene rings is 1. The molecule has 0 saturated heterocycles. The van der Waals surface area contributed by atoms with Crippen molar-refractivity contribution in [2.24, 2.45) is 0 Å². The molecular formula is C12H8BrClN2O3. The number of hydrogen-bond acceptors (Lipinski definition) is 4. The Balaban J connectivity index is 2.07. The summed E-state index contributed by atoms with van der Waals surface area (Å²) < 4.78 is 6.21. The van der Waals surface area contributed by atoms with E-state index >= 15 is 0 Å². The molecule has 0 saturated carbocycles. The number of nitro groups is 1. The van der Waals surface area contributed by atoms with Gasteiger partial charge in [-0.1, -0.05) is 11.6 Å². The highest BCUT2D eigenvalue weighted by Gasteiger charge is 2.09. The van der Waals surface area contributed by atoms with Crippen LogP contribution in [-0.2, 0) is 6.61 Å². The van der Waals surface area contributed by atoms with E-state index in [4.69, 9.17) is 16.3 Å². The number of pyridine rings is 1. The molecule has 0 spiro atoms. The van der Waals surface area contributed by atoms with Crippen molar-refractivity contribution in [3.63, 3.8) is 0 Å². The lowest BCUT2D eigenvalue weighted by Gasteiger charge is -2.07. The smallest absolute Gasteiger partial charge is 0.270 e. The third kappa shape index (κ3) is 3.65. The highest BCUT2D eigenvalue weighted by Crippen LogP contribution is 2.24. The Bertz CT molecular complexity index is 604. The summed E-state index contributed by atoms with van der Waals surface area (Å²) in [4.78, 5) is 14.1. The number of halogens is 2. The molecule has 2 rings (SSSR count).